The smallest absolute Gasteiger partial charge is 0.422 e. The zero-order valence-electron chi connectivity index (χ0n) is 21.3. The summed E-state index contributed by atoms with van der Waals surface area (Å²) in [5.74, 6) is 1.20. The Hall–Kier alpha value is -4.20. The van der Waals surface area contributed by atoms with E-state index in [1.54, 1.807) is 12.3 Å². The molecule has 190 valence electrons. The van der Waals surface area contributed by atoms with Crippen molar-refractivity contribution in [1.29, 1.82) is 0 Å². The number of imidazole rings is 1. The summed E-state index contributed by atoms with van der Waals surface area (Å²) < 4.78 is 13.4. The van der Waals surface area contributed by atoms with Crippen molar-refractivity contribution in [3.63, 3.8) is 0 Å². The molecule has 0 atom stereocenters. The lowest BCUT2D eigenvalue weighted by atomic mass is 10.1. The van der Waals surface area contributed by atoms with Crippen molar-refractivity contribution < 1.29 is 19.1 Å². The third-order valence-electron chi connectivity index (χ3n) is 6.09. The van der Waals surface area contributed by atoms with Gasteiger partial charge >= 0.3 is 6.09 Å². The van der Waals surface area contributed by atoms with Crippen LogP contribution in [0.3, 0.4) is 0 Å². The Bertz CT molecular complexity index is 1440. The number of hydrogen-bond acceptors (Lipinski definition) is 6. The van der Waals surface area contributed by atoms with Gasteiger partial charge in [0.1, 0.15) is 23.5 Å². The summed E-state index contributed by atoms with van der Waals surface area (Å²) in [7, 11) is 0. The van der Waals surface area contributed by atoms with Gasteiger partial charge in [-0.3, -0.25) is 4.79 Å². The average Bonchev–Trinajstić information content (AvgIpc) is 3.46. The van der Waals surface area contributed by atoms with Crippen molar-refractivity contribution in [3.05, 3.63) is 78.0 Å². The molecule has 1 amide bonds. The highest BCUT2D eigenvalue weighted by Gasteiger charge is 2.26. The number of nitrogens with zero attached hydrogens (tertiary/aromatic N) is 4. The van der Waals surface area contributed by atoms with Crippen LogP contribution in [0, 0.1) is 0 Å². The van der Waals surface area contributed by atoms with Crippen molar-refractivity contribution in [3.8, 4) is 17.1 Å². The van der Waals surface area contributed by atoms with E-state index in [0.29, 0.717) is 47.9 Å². The van der Waals surface area contributed by atoms with Gasteiger partial charge < -0.3 is 14.4 Å². The number of carbonyl (C=O) groups excluding carboxylic acids is 2. The Labute approximate surface area is 215 Å². The van der Waals surface area contributed by atoms with Crippen LogP contribution in [0.2, 0.25) is 0 Å². The SMILES string of the molecule is CC(C)(C)OC(=O)n1c(-c2ccc(CN3CCCC3=O)c(OCc3ccccc3)c2)nc2cccnc21. The van der Waals surface area contributed by atoms with E-state index in [9.17, 15) is 9.59 Å². The molecule has 3 heterocycles. The van der Waals surface area contributed by atoms with Crippen LogP contribution in [0.4, 0.5) is 4.79 Å². The molecule has 8 nitrogen and oxygen atoms in total. The highest BCUT2D eigenvalue weighted by molar-refractivity contribution is 5.90. The van der Waals surface area contributed by atoms with E-state index in [4.69, 9.17) is 14.5 Å². The molecule has 37 heavy (non-hydrogen) atoms. The van der Waals surface area contributed by atoms with Gasteiger partial charge in [0.2, 0.25) is 5.91 Å². The molecule has 1 aliphatic heterocycles. The lowest BCUT2D eigenvalue weighted by Crippen LogP contribution is -2.27. The van der Waals surface area contributed by atoms with E-state index in [0.717, 1.165) is 24.1 Å². The quantitative estimate of drug-likeness (QED) is 0.345. The van der Waals surface area contributed by atoms with E-state index < -0.39 is 11.7 Å². The number of aromatic nitrogens is 3. The Kier molecular flexibility index (Phi) is 6.65. The largest absolute Gasteiger partial charge is 0.489 e. The molecule has 0 aliphatic carbocycles. The van der Waals surface area contributed by atoms with Gasteiger partial charge in [-0.05, 0) is 51.0 Å². The van der Waals surface area contributed by atoms with Gasteiger partial charge in [-0.2, -0.15) is 0 Å². The van der Waals surface area contributed by atoms with Gasteiger partial charge in [-0.15, -0.1) is 0 Å². The van der Waals surface area contributed by atoms with Gasteiger partial charge in [-0.1, -0.05) is 42.5 Å². The minimum Gasteiger partial charge on any atom is -0.489 e. The maximum absolute atomic E-state index is 13.2. The van der Waals surface area contributed by atoms with Crippen LogP contribution >= 0.6 is 0 Å². The van der Waals surface area contributed by atoms with Gasteiger partial charge in [0, 0.05) is 36.8 Å². The van der Waals surface area contributed by atoms with E-state index in [1.165, 1.54) is 4.57 Å². The van der Waals surface area contributed by atoms with Crippen molar-refractivity contribution in [2.24, 2.45) is 0 Å². The fourth-order valence-electron chi connectivity index (χ4n) is 4.36. The highest BCUT2D eigenvalue weighted by atomic mass is 16.6. The van der Waals surface area contributed by atoms with E-state index in [2.05, 4.69) is 4.98 Å². The third kappa shape index (κ3) is 5.48. The molecule has 0 radical (unpaired) electrons. The Morgan fingerprint density at radius 1 is 1.05 bits per heavy atom. The lowest BCUT2D eigenvalue weighted by Gasteiger charge is -2.21. The molecule has 0 bridgehead atoms. The fraction of sp³-hybridized carbons (Fsp3) is 0.310. The number of likely N-dealkylation sites (tertiary alicyclic amines) is 1. The second kappa shape index (κ2) is 10.0. The molecule has 8 heteroatoms. The molecule has 0 N–H and O–H groups in total. The third-order valence-corrected chi connectivity index (χ3v) is 6.09. The Morgan fingerprint density at radius 3 is 2.59 bits per heavy atom. The van der Waals surface area contributed by atoms with Crippen LogP contribution in [0.15, 0.2) is 66.9 Å². The van der Waals surface area contributed by atoms with E-state index in [1.807, 2.05) is 80.3 Å². The lowest BCUT2D eigenvalue weighted by molar-refractivity contribution is -0.128. The summed E-state index contributed by atoms with van der Waals surface area (Å²) in [5.41, 5.74) is 2.93. The molecule has 0 saturated carbocycles. The van der Waals surface area contributed by atoms with Crippen molar-refractivity contribution in [2.45, 2.75) is 52.4 Å². The highest BCUT2D eigenvalue weighted by Crippen LogP contribution is 2.32. The van der Waals surface area contributed by atoms with Crippen molar-refractivity contribution in [1.82, 2.24) is 19.4 Å². The van der Waals surface area contributed by atoms with Crippen LogP contribution in [-0.4, -0.2) is 43.6 Å². The maximum atomic E-state index is 13.2. The minimum atomic E-state index is -0.685. The zero-order chi connectivity index (χ0) is 26.0. The number of amides is 1. The summed E-state index contributed by atoms with van der Waals surface area (Å²) in [6, 6.07) is 19.2. The predicted octanol–water partition coefficient (Wildman–Crippen LogP) is 5.58. The van der Waals surface area contributed by atoms with Gasteiger partial charge in [0.15, 0.2) is 11.5 Å². The molecular formula is C29H30N4O4. The number of benzene rings is 2. The first-order valence-corrected chi connectivity index (χ1v) is 12.4. The molecular weight excluding hydrogens is 468 g/mol. The molecule has 4 aromatic rings. The molecule has 5 rings (SSSR count). The number of ether oxygens (including phenoxy) is 2. The van der Waals surface area contributed by atoms with Crippen molar-refractivity contribution in [2.75, 3.05) is 6.54 Å². The second-order valence-corrected chi connectivity index (χ2v) is 10.1. The predicted molar refractivity (Wildman–Crippen MR) is 140 cm³/mol. The van der Waals surface area contributed by atoms with Gasteiger partial charge in [-0.25, -0.2) is 19.3 Å². The van der Waals surface area contributed by atoms with Crippen LogP contribution in [0.25, 0.3) is 22.6 Å². The molecule has 2 aromatic heterocycles. The summed E-state index contributed by atoms with van der Waals surface area (Å²) in [5, 5.41) is 0. The van der Waals surface area contributed by atoms with Crippen LogP contribution in [0.1, 0.15) is 44.7 Å². The Balaban J connectivity index is 1.56. The van der Waals surface area contributed by atoms with E-state index in [-0.39, 0.29) is 5.91 Å². The maximum Gasteiger partial charge on any atom is 0.422 e. The summed E-state index contributed by atoms with van der Waals surface area (Å²) in [4.78, 5) is 36.5. The molecule has 0 unspecified atom stereocenters. The normalized spacial score (nSPS) is 13.8. The first kappa shape index (κ1) is 24.5. The zero-order valence-corrected chi connectivity index (χ0v) is 21.3. The molecule has 1 aliphatic rings. The van der Waals surface area contributed by atoms with Gasteiger partial charge in [0.05, 0.1) is 0 Å². The van der Waals surface area contributed by atoms with Crippen LogP contribution < -0.4 is 4.74 Å². The van der Waals surface area contributed by atoms with Gasteiger partial charge in [0.25, 0.3) is 0 Å². The first-order valence-electron chi connectivity index (χ1n) is 12.4. The van der Waals surface area contributed by atoms with Crippen molar-refractivity contribution >= 4 is 23.2 Å². The van der Waals surface area contributed by atoms with Crippen LogP contribution in [-0.2, 0) is 22.7 Å². The summed E-state index contributed by atoms with van der Waals surface area (Å²) in [6.07, 6.45) is 2.51. The van der Waals surface area contributed by atoms with Crippen LogP contribution in [0.5, 0.6) is 5.75 Å². The monoisotopic (exact) mass is 498 g/mol. The second-order valence-electron chi connectivity index (χ2n) is 10.1. The first-order chi connectivity index (χ1) is 17.8. The molecule has 1 saturated heterocycles. The standard InChI is InChI=1S/C29H30N4O4/c1-29(2,3)37-28(35)33-26(31-23-11-7-15-30-27(23)33)21-13-14-22(18-32-16-8-12-25(32)34)24(17-21)36-19-20-9-5-4-6-10-20/h4-7,9-11,13-15,17H,8,12,16,18-19H2,1-3H3. The Morgan fingerprint density at radius 2 is 1.86 bits per heavy atom. The number of fused-ring (bicyclic) bond motifs is 1. The number of hydrogen-bond donors (Lipinski definition) is 0. The minimum absolute atomic E-state index is 0.149. The number of rotatable bonds is 6. The fourth-order valence-corrected chi connectivity index (χ4v) is 4.36. The molecule has 2 aromatic carbocycles. The summed E-state index contributed by atoms with van der Waals surface area (Å²) >= 11 is 0. The number of carbonyl (C=O) groups is 2. The topological polar surface area (TPSA) is 86.5 Å². The molecule has 0 spiro atoms. The molecule has 1 fully saturated rings. The number of pyridine rings is 1. The average molecular weight is 499 g/mol. The van der Waals surface area contributed by atoms with E-state index >= 15 is 0 Å². The summed E-state index contributed by atoms with van der Waals surface area (Å²) in [6.45, 7) is 7.03.